The number of halogens is 1. The van der Waals surface area contributed by atoms with Crippen LogP contribution in [0, 0.1) is 5.41 Å². The van der Waals surface area contributed by atoms with Crippen molar-refractivity contribution in [2.45, 2.75) is 31.2 Å². The van der Waals surface area contributed by atoms with Gasteiger partial charge >= 0.3 is 0 Å². The van der Waals surface area contributed by atoms with Gasteiger partial charge in [0.05, 0.1) is 17.4 Å². The summed E-state index contributed by atoms with van der Waals surface area (Å²) in [6.45, 7) is 2.74. The van der Waals surface area contributed by atoms with E-state index in [0.29, 0.717) is 31.0 Å². The molecule has 1 aliphatic heterocycles. The van der Waals surface area contributed by atoms with E-state index in [0.717, 1.165) is 11.3 Å². The number of hydrogen-bond acceptors (Lipinski definition) is 4. The Bertz CT molecular complexity index is 961. The van der Waals surface area contributed by atoms with Crippen molar-refractivity contribution >= 4 is 27.5 Å². The first kappa shape index (κ1) is 21.6. The zero-order valence-electron chi connectivity index (χ0n) is 16.5. The van der Waals surface area contributed by atoms with E-state index in [-0.39, 0.29) is 17.3 Å². The van der Waals surface area contributed by atoms with Gasteiger partial charge < -0.3 is 10.1 Å². The molecule has 1 amide bonds. The molecular formula is C21H25ClN2O4S. The number of hydrogen-bond donors (Lipinski definition) is 1. The fourth-order valence-corrected chi connectivity index (χ4v) is 5.21. The molecule has 1 heterocycles. The third-order valence-corrected chi connectivity index (χ3v) is 7.38. The largest absolute Gasteiger partial charge is 0.497 e. The minimum atomic E-state index is -3.68. The first-order chi connectivity index (χ1) is 13.7. The summed E-state index contributed by atoms with van der Waals surface area (Å²) in [5.41, 5.74) is 0.161. The molecule has 156 valence electrons. The van der Waals surface area contributed by atoms with Gasteiger partial charge in [-0.2, -0.15) is 4.31 Å². The van der Waals surface area contributed by atoms with Crippen molar-refractivity contribution in [1.82, 2.24) is 9.62 Å². The zero-order chi connectivity index (χ0) is 21.1. The maximum atomic E-state index is 13.0. The maximum Gasteiger partial charge on any atom is 0.243 e. The summed E-state index contributed by atoms with van der Waals surface area (Å²) in [4.78, 5) is 13.1. The van der Waals surface area contributed by atoms with Crippen molar-refractivity contribution in [1.29, 1.82) is 0 Å². The molecule has 29 heavy (non-hydrogen) atoms. The van der Waals surface area contributed by atoms with Crippen LogP contribution in [0.5, 0.6) is 5.75 Å². The molecule has 0 spiro atoms. The van der Waals surface area contributed by atoms with Crippen molar-refractivity contribution < 1.29 is 17.9 Å². The molecule has 1 saturated heterocycles. The Morgan fingerprint density at radius 3 is 2.45 bits per heavy atom. The molecule has 2 aromatic rings. The summed E-state index contributed by atoms with van der Waals surface area (Å²) in [7, 11) is -2.08. The molecular weight excluding hydrogens is 412 g/mol. The van der Waals surface area contributed by atoms with Crippen LogP contribution in [0.3, 0.4) is 0 Å². The minimum Gasteiger partial charge on any atom is -0.497 e. The van der Waals surface area contributed by atoms with Gasteiger partial charge in [-0.1, -0.05) is 23.7 Å². The molecule has 0 aromatic heterocycles. The Labute approximate surface area is 176 Å². The molecule has 3 rings (SSSR count). The van der Waals surface area contributed by atoms with Gasteiger partial charge in [-0.05, 0) is 61.7 Å². The standard InChI is InChI=1S/C21H25ClN2O4S/c1-21(20(25)23-14-16-4-8-18(28-2)9-5-16)12-3-13-24(15-21)29(26,27)19-10-6-17(22)7-11-19/h4-11H,3,12-15H2,1-2H3,(H,23,25)/t21-/m0/s1. The fourth-order valence-electron chi connectivity index (χ4n) is 3.48. The predicted molar refractivity (Wildman–Crippen MR) is 112 cm³/mol. The van der Waals surface area contributed by atoms with Crippen LogP contribution >= 0.6 is 11.6 Å². The Morgan fingerprint density at radius 2 is 1.83 bits per heavy atom. The van der Waals surface area contributed by atoms with Crippen LogP contribution < -0.4 is 10.1 Å². The van der Waals surface area contributed by atoms with E-state index in [4.69, 9.17) is 16.3 Å². The van der Waals surface area contributed by atoms with Crippen molar-refractivity contribution in [3.8, 4) is 5.75 Å². The molecule has 2 aromatic carbocycles. The maximum absolute atomic E-state index is 13.0. The molecule has 0 aliphatic carbocycles. The third kappa shape index (κ3) is 4.91. The Kier molecular flexibility index (Phi) is 6.51. The summed E-state index contributed by atoms with van der Waals surface area (Å²) < 4.78 is 32.5. The second-order valence-corrected chi connectivity index (χ2v) is 9.86. The lowest BCUT2D eigenvalue weighted by Crippen LogP contribution is -2.51. The van der Waals surface area contributed by atoms with E-state index in [2.05, 4.69) is 5.32 Å². The predicted octanol–water partition coefficient (Wildman–Crippen LogP) is 3.46. The van der Waals surface area contributed by atoms with Crippen molar-refractivity contribution in [3.05, 3.63) is 59.1 Å². The quantitative estimate of drug-likeness (QED) is 0.752. The minimum absolute atomic E-state index is 0.145. The lowest BCUT2D eigenvalue weighted by atomic mass is 9.82. The smallest absolute Gasteiger partial charge is 0.243 e. The highest BCUT2D eigenvalue weighted by Crippen LogP contribution is 2.33. The van der Waals surface area contributed by atoms with Crippen LogP contribution in [0.25, 0.3) is 0 Å². The van der Waals surface area contributed by atoms with Gasteiger partial charge in [-0.25, -0.2) is 8.42 Å². The zero-order valence-corrected chi connectivity index (χ0v) is 18.1. The van der Waals surface area contributed by atoms with Gasteiger partial charge in [0.25, 0.3) is 0 Å². The summed E-state index contributed by atoms with van der Waals surface area (Å²) in [6.07, 6.45) is 1.26. The van der Waals surface area contributed by atoms with E-state index >= 15 is 0 Å². The van der Waals surface area contributed by atoms with E-state index in [1.54, 1.807) is 19.2 Å². The number of carbonyl (C=O) groups is 1. The van der Waals surface area contributed by atoms with Gasteiger partial charge in [-0.15, -0.1) is 0 Å². The number of benzene rings is 2. The van der Waals surface area contributed by atoms with E-state index in [1.165, 1.54) is 16.4 Å². The Hall–Kier alpha value is -2.09. The molecule has 8 heteroatoms. The van der Waals surface area contributed by atoms with Gasteiger partial charge in [-0.3, -0.25) is 4.79 Å². The van der Waals surface area contributed by atoms with Crippen LogP contribution in [-0.2, 0) is 21.4 Å². The summed E-state index contributed by atoms with van der Waals surface area (Å²) in [5.74, 6) is 0.603. The highest BCUT2D eigenvalue weighted by Gasteiger charge is 2.41. The molecule has 0 saturated carbocycles. The van der Waals surface area contributed by atoms with Crippen molar-refractivity contribution in [3.63, 3.8) is 0 Å². The monoisotopic (exact) mass is 436 g/mol. The van der Waals surface area contributed by atoms with E-state index < -0.39 is 15.4 Å². The summed E-state index contributed by atoms with van der Waals surface area (Å²) >= 11 is 5.87. The van der Waals surface area contributed by atoms with E-state index in [9.17, 15) is 13.2 Å². The molecule has 6 nitrogen and oxygen atoms in total. The molecule has 1 atom stereocenters. The SMILES string of the molecule is COc1ccc(CNC(=O)[C@@]2(C)CCCN(S(=O)(=O)c3ccc(Cl)cc3)C2)cc1. The number of nitrogens with zero attached hydrogens (tertiary/aromatic N) is 1. The van der Waals surface area contributed by atoms with Gasteiger partial charge in [0.15, 0.2) is 0 Å². The highest BCUT2D eigenvalue weighted by atomic mass is 35.5. The number of methoxy groups -OCH3 is 1. The number of ether oxygens (including phenoxy) is 1. The summed E-state index contributed by atoms with van der Waals surface area (Å²) in [5, 5.41) is 3.42. The van der Waals surface area contributed by atoms with Crippen molar-refractivity contribution in [2.24, 2.45) is 5.41 Å². The first-order valence-electron chi connectivity index (χ1n) is 9.41. The summed E-state index contributed by atoms with van der Waals surface area (Å²) in [6, 6.07) is 13.5. The topological polar surface area (TPSA) is 75.7 Å². The number of nitrogens with one attached hydrogen (secondary N) is 1. The number of piperidine rings is 1. The lowest BCUT2D eigenvalue weighted by molar-refractivity contribution is -0.132. The Balaban J connectivity index is 1.68. The van der Waals surface area contributed by atoms with Crippen LogP contribution in [0.4, 0.5) is 0 Å². The van der Waals surface area contributed by atoms with Crippen LogP contribution in [0.15, 0.2) is 53.4 Å². The average molecular weight is 437 g/mol. The number of sulfonamides is 1. The Morgan fingerprint density at radius 1 is 1.17 bits per heavy atom. The van der Waals surface area contributed by atoms with E-state index in [1.807, 2.05) is 31.2 Å². The van der Waals surface area contributed by atoms with Gasteiger partial charge in [0, 0.05) is 24.7 Å². The second kappa shape index (κ2) is 8.73. The molecule has 1 N–H and O–H groups in total. The normalized spacial score (nSPS) is 20.2. The number of amides is 1. The first-order valence-corrected chi connectivity index (χ1v) is 11.2. The number of carbonyl (C=O) groups excluding carboxylic acids is 1. The molecule has 1 aliphatic rings. The van der Waals surface area contributed by atoms with Crippen molar-refractivity contribution in [2.75, 3.05) is 20.2 Å². The molecule has 0 bridgehead atoms. The second-order valence-electron chi connectivity index (χ2n) is 7.49. The molecule has 0 radical (unpaired) electrons. The van der Waals surface area contributed by atoms with Crippen LogP contribution in [-0.4, -0.2) is 38.8 Å². The third-order valence-electron chi connectivity index (χ3n) is 5.27. The fraction of sp³-hybridized carbons (Fsp3) is 0.381. The van der Waals surface area contributed by atoms with Crippen LogP contribution in [0.1, 0.15) is 25.3 Å². The highest BCUT2D eigenvalue weighted by molar-refractivity contribution is 7.89. The molecule has 0 unspecified atom stereocenters. The lowest BCUT2D eigenvalue weighted by Gasteiger charge is -2.38. The van der Waals surface area contributed by atoms with Crippen LogP contribution in [0.2, 0.25) is 5.02 Å². The average Bonchev–Trinajstić information content (AvgIpc) is 2.72. The van der Waals surface area contributed by atoms with Gasteiger partial charge in [0.1, 0.15) is 5.75 Å². The van der Waals surface area contributed by atoms with Gasteiger partial charge in [0.2, 0.25) is 15.9 Å². The molecule has 1 fully saturated rings. The number of rotatable bonds is 6.